The number of rotatable bonds is 5. The van der Waals surface area contributed by atoms with Crippen molar-refractivity contribution in [2.24, 2.45) is 0 Å². The molecule has 0 spiro atoms. The Morgan fingerprint density at radius 1 is 1.13 bits per heavy atom. The van der Waals surface area contributed by atoms with E-state index in [2.05, 4.69) is 26.0 Å². The zero-order valence-corrected chi connectivity index (χ0v) is 15.1. The number of anilines is 1. The number of hydrogen-bond donors (Lipinski definition) is 2. The summed E-state index contributed by atoms with van der Waals surface area (Å²) >= 11 is 3.40. The number of nitrogens with one attached hydrogen (secondary N) is 2. The summed E-state index contributed by atoms with van der Waals surface area (Å²) in [6.45, 7) is 1.87. The number of amides is 1. The van der Waals surface area contributed by atoms with Crippen LogP contribution in [0.3, 0.4) is 0 Å². The largest absolute Gasteiger partial charge is 0.345 e. The van der Waals surface area contributed by atoms with Crippen LogP contribution in [0.4, 0.5) is 5.69 Å². The first-order valence-corrected chi connectivity index (χ1v) is 9.58. The maximum absolute atomic E-state index is 12.5. The molecule has 1 atom stereocenters. The van der Waals surface area contributed by atoms with Crippen molar-refractivity contribution in [1.82, 2.24) is 5.32 Å². The van der Waals surface area contributed by atoms with E-state index >= 15 is 0 Å². The molecule has 23 heavy (non-hydrogen) atoms. The van der Waals surface area contributed by atoms with Crippen molar-refractivity contribution in [2.45, 2.75) is 13.0 Å². The Labute approximate surface area is 144 Å². The molecule has 0 aliphatic carbocycles. The van der Waals surface area contributed by atoms with E-state index in [9.17, 15) is 13.2 Å². The Morgan fingerprint density at radius 2 is 1.83 bits per heavy atom. The molecule has 2 aromatic carbocycles. The highest BCUT2D eigenvalue weighted by Gasteiger charge is 2.16. The number of carbonyl (C=O) groups excluding carboxylic acids is 1. The van der Waals surface area contributed by atoms with Gasteiger partial charge in [0, 0.05) is 4.47 Å². The first-order valence-electron chi connectivity index (χ1n) is 6.89. The molecule has 7 heteroatoms. The van der Waals surface area contributed by atoms with E-state index in [1.54, 1.807) is 24.3 Å². The molecule has 2 rings (SSSR count). The number of halogens is 1. The van der Waals surface area contributed by atoms with Crippen LogP contribution in [0.1, 0.15) is 28.9 Å². The fraction of sp³-hybridized carbons (Fsp3) is 0.188. The van der Waals surface area contributed by atoms with Crippen molar-refractivity contribution < 1.29 is 13.2 Å². The smallest absolute Gasteiger partial charge is 0.253 e. The molecule has 0 bridgehead atoms. The lowest BCUT2D eigenvalue weighted by Gasteiger charge is -2.16. The van der Waals surface area contributed by atoms with Crippen LogP contribution in [0.15, 0.2) is 53.0 Å². The van der Waals surface area contributed by atoms with Gasteiger partial charge in [0.15, 0.2) is 0 Å². The standard InChI is InChI=1S/C16H17BrN2O3S/c1-11(12-6-5-7-13(17)10-12)18-16(20)14-8-3-4-9-15(14)19-23(2,21)22/h3-11,19H,1-2H3,(H,18,20)/t11-/m1/s1. The second-order valence-electron chi connectivity index (χ2n) is 5.17. The number of benzene rings is 2. The summed E-state index contributed by atoms with van der Waals surface area (Å²) < 4.78 is 26.1. The van der Waals surface area contributed by atoms with Crippen LogP contribution in [0.2, 0.25) is 0 Å². The quantitative estimate of drug-likeness (QED) is 0.813. The number of para-hydroxylation sites is 1. The van der Waals surface area contributed by atoms with Crippen molar-refractivity contribution in [2.75, 3.05) is 11.0 Å². The zero-order chi connectivity index (χ0) is 17.0. The second-order valence-corrected chi connectivity index (χ2v) is 7.83. The molecule has 122 valence electrons. The average molecular weight is 397 g/mol. The summed E-state index contributed by atoms with van der Waals surface area (Å²) in [5.41, 5.74) is 1.48. The Morgan fingerprint density at radius 3 is 2.48 bits per heavy atom. The Kier molecular flexibility index (Phi) is 5.43. The molecule has 0 aliphatic heterocycles. The van der Waals surface area contributed by atoms with Gasteiger partial charge in [-0.05, 0) is 36.8 Å². The first-order chi connectivity index (χ1) is 10.8. The van der Waals surface area contributed by atoms with Gasteiger partial charge in [0.2, 0.25) is 10.0 Å². The van der Waals surface area contributed by atoms with Crippen LogP contribution in [0.5, 0.6) is 0 Å². The summed E-state index contributed by atoms with van der Waals surface area (Å²) in [4.78, 5) is 12.5. The van der Waals surface area contributed by atoms with E-state index in [-0.39, 0.29) is 23.2 Å². The van der Waals surface area contributed by atoms with Gasteiger partial charge in [0.05, 0.1) is 23.5 Å². The first kappa shape index (κ1) is 17.5. The van der Waals surface area contributed by atoms with Gasteiger partial charge in [-0.2, -0.15) is 0 Å². The third-order valence-corrected chi connectivity index (χ3v) is 4.25. The SMILES string of the molecule is C[C@@H](NC(=O)c1ccccc1NS(C)(=O)=O)c1cccc(Br)c1. The van der Waals surface area contributed by atoms with Gasteiger partial charge in [-0.3, -0.25) is 9.52 Å². The molecular formula is C16H17BrN2O3S. The maximum Gasteiger partial charge on any atom is 0.253 e. The summed E-state index contributed by atoms with van der Waals surface area (Å²) in [5, 5.41) is 2.87. The highest BCUT2D eigenvalue weighted by Crippen LogP contribution is 2.20. The third-order valence-electron chi connectivity index (χ3n) is 3.16. The predicted molar refractivity (Wildman–Crippen MR) is 94.9 cm³/mol. The Balaban J connectivity index is 2.21. The topological polar surface area (TPSA) is 75.3 Å². The van der Waals surface area contributed by atoms with E-state index in [0.717, 1.165) is 16.3 Å². The molecule has 0 aliphatic rings. The Bertz CT molecular complexity index is 822. The molecule has 0 unspecified atom stereocenters. The van der Waals surface area contributed by atoms with E-state index < -0.39 is 10.0 Å². The van der Waals surface area contributed by atoms with Crippen LogP contribution in [-0.4, -0.2) is 20.6 Å². The molecular weight excluding hydrogens is 380 g/mol. The summed E-state index contributed by atoms with van der Waals surface area (Å²) in [6, 6.07) is 13.9. The highest BCUT2D eigenvalue weighted by atomic mass is 79.9. The van der Waals surface area contributed by atoms with E-state index in [0.29, 0.717) is 0 Å². The van der Waals surface area contributed by atoms with Gasteiger partial charge in [0.1, 0.15) is 0 Å². The molecule has 2 aromatic rings. The van der Waals surface area contributed by atoms with Crippen molar-refractivity contribution in [3.63, 3.8) is 0 Å². The summed E-state index contributed by atoms with van der Waals surface area (Å²) in [6.07, 6.45) is 1.05. The molecule has 5 nitrogen and oxygen atoms in total. The minimum atomic E-state index is -3.46. The van der Waals surface area contributed by atoms with Crippen LogP contribution < -0.4 is 10.0 Å². The molecule has 0 saturated carbocycles. The Hall–Kier alpha value is -1.86. The summed E-state index contributed by atoms with van der Waals surface area (Å²) in [5.74, 6) is -0.343. The van der Waals surface area contributed by atoms with Gasteiger partial charge in [-0.1, -0.05) is 40.2 Å². The lowest BCUT2D eigenvalue weighted by molar-refractivity contribution is 0.0941. The molecule has 0 radical (unpaired) electrons. The molecule has 0 aromatic heterocycles. The fourth-order valence-corrected chi connectivity index (χ4v) is 3.10. The van der Waals surface area contributed by atoms with Crippen LogP contribution in [0, 0.1) is 0 Å². The minimum Gasteiger partial charge on any atom is -0.345 e. The zero-order valence-electron chi connectivity index (χ0n) is 12.7. The van der Waals surface area contributed by atoms with Gasteiger partial charge in [-0.25, -0.2) is 8.42 Å². The van der Waals surface area contributed by atoms with Gasteiger partial charge in [0.25, 0.3) is 5.91 Å². The minimum absolute atomic E-state index is 0.216. The molecule has 0 saturated heterocycles. The van der Waals surface area contributed by atoms with Crippen molar-refractivity contribution in [3.05, 3.63) is 64.1 Å². The van der Waals surface area contributed by atoms with Crippen LogP contribution in [-0.2, 0) is 10.0 Å². The lowest BCUT2D eigenvalue weighted by atomic mass is 10.1. The molecule has 1 amide bonds. The van der Waals surface area contributed by atoms with Crippen LogP contribution in [0.25, 0.3) is 0 Å². The highest BCUT2D eigenvalue weighted by molar-refractivity contribution is 9.10. The predicted octanol–water partition coefficient (Wildman–Crippen LogP) is 3.31. The van der Waals surface area contributed by atoms with Crippen LogP contribution >= 0.6 is 15.9 Å². The van der Waals surface area contributed by atoms with Gasteiger partial charge >= 0.3 is 0 Å². The van der Waals surface area contributed by atoms with E-state index in [1.165, 1.54) is 0 Å². The van der Waals surface area contributed by atoms with Gasteiger partial charge < -0.3 is 5.32 Å². The lowest BCUT2D eigenvalue weighted by Crippen LogP contribution is -2.27. The number of hydrogen-bond acceptors (Lipinski definition) is 3. The second kappa shape index (κ2) is 7.14. The van der Waals surface area contributed by atoms with Gasteiger partial charge in [-0.15, -0.1) is 0 Å². The fourth-order valence-electron chi connectivity index (χ4n) is 2.10. The third kappa shape index (κ3) is 5.07. The number of carbonyl (C=O) groups is 1. The maximum atomic E-state index is 12.5. The van der Waals surface area contributed by atoms with E-state index in [4.69, 9.17) is 0 Å². The molecule has 0 fully saturated rings. The van der Waals surface area contributed by atoms with Crippen molar-refractivity contribution in [1.29, 1.82) is 0 Å². The molecule has 0 heterocycles. The molecule has 2 N–H and O–H groups in total. The van der Waals surface area contributed by atoms with E-state index in [1.807, 2.05) is 31.2 Å². The average Bonchev–Trinajstić information content (AvgIpc) is 2.46. The normalized spacial score (nSPS) is 12.5. The number of sulfonamides is 1. The summed E-state index contributed by atoms with van der Waals surface area (Å²) in [7, 11) is -3.46. The van der Waals surface area contributed by atoms with Crippen molar-refractivity contribution in [3.8, 4) is 0 Å². The van der Waals surface area contributed by atoms with Crippen molar-refractivity contribution >= 4 is 37.5 Å². The monoisotopic (exact) mass is 396 g/mol.